The zero-order valence-electron chi connectivity index (χ0n) is 17.0. The van der Waals surface area contributed by atoms with E-state index in [-0.39, 0.29) is 17.8 Å². The molecule has 158 valence electrons. The molecular weight excluding hydrogens is 420 g/mol. The van der Waals surface area contributed by atoms with Crippen molar-refractivity contribution in [2.45, 2.75) is 31.5 Å². The van der Waals surface area contributed by atoms with Crippen LogP contribution in [0.25, 0.3) is 5.69 Å². The molecule has 3 rings (SSSR count). The van der Waals surface area contributed by atoms with Gasteiger partial charge >= 0.3 is 0 Å². The lowest BCUT2D eigenvalue weighted by atomic mass is 10.1. The maximum Gasteiger partial charge on any atom is 0.230 e. The van der Waals surface area contributed by atoms with Gasteiger partial charge in [0.25, 0.3) is 0 Å². The first-order chi connectivity index (χ1) is 14.5. The number of thioether (sulfide) groups is 1. The standard InChI is InChI=1S/C22H25ClN4O2S/c1-16-9-10-19(13-20(16)23)27-15-25-26-22(27)30-14-21(28)24-11-6-12-29-17(2)18-7-4-3-5-8-18/h3-5,7-10,13,15,17H,6,11-12,14H2,1-2H3,(H,24,28). The summed E-state index contributed by atoms with van der Waals surface area (Å²) in [5.74, 6) is 0.215. The van der Waals surface area contributed by atoms with Crippen LogP contribution in [0.2, 0.25) is 5.02 Å². The van der Waals surface area contributed by atoms with Gasteiger partial charge in [0, 0.05) is 18.2 Å². The van der Waals surface area contributed by atoms with Crippen LogP contribution in [0.3, 0.4) is 0 Å². The normalized spacial score (nSPS) is 12.0. The van der Waals surface area contributed by atoms with Gasteiger partial charge in [-0.2, -0.15) is 0 Å². The molecule has 0 aliphatic carbocycles. The van der Waals surface area contributed by atoms with E-state index in [9.17, 15) is 4.79 Å². The second kappa shape index (κ2) is 11.2. The Morgan fingerprint density at radius 2 is 2.07 bits per heavy atom. The molecule has 0 fully saturated rings. The quantitative estimate of drug-likeness (QED) is 0.365. The number of carbonyl (C=O) groups excluding carboxylic acids is 1. The third kappa shape index (κ3) is 6.32. The molecule has 2 aromatic carbocycles. The topological polar surface area (TPSA) is 69.0 Å². The van der Waals surface area contributed by atoms with E-state index in [1.165, 1.54) is 11.8 Å². The zero-order chi connectivity index (χ0) is 21.3. The van der Waals surface area contributed by atoms with Crippen molar-refractivity contribution < 1.29 is 9.53 Å². The summed E-state index contributed by atoms with van der Waals surface area (Å²) >= 11 is 7.55. The van der Waals surface area contributed by atoms with E-state index >= 15 is 0 Å². The van der Waals surface area contributed by atoms with Crippen molar-refractivity contribution in [1.29, 1.82) is 0 Å². The molecule has 0 aliphatic rings. The van der Waals surface area contributed by atoms with Crippen LogP contribution in [0.4, 0.5) is 0 Å². The Hall–Kier alpha value is -2.35. The smallest absolute Gasteiger partial charge is 0.230 e. The number of amides is 1. The molecule has 1 unspecified atom stereocenters. The van der Waals surface area contributed by atoms with Crippen molar-refractivity contribution >= 4 is 29.3 Å². The van der Waals surface area contributed by atoms with Gasteiger partial charge in [-0.1, -0.05) is 59.8 Å². The first-order valence-electron chi connectivity index (χ1n) is 9.77. The molecule has 8 heteroatoms. The van der Waals surface area contributed by atoms with E-state index in [1.54, 1.807) is 6.33 Å². The van der Waals surface area contributed by atoms with Crippen molar-refractivity contribution in [3.8, 4) is 5.69 Å². The number of aromatic nitrogens is 3. The molecular formula is C22H25ClN4O2S. The van der Waals surface area contributed by atoms with Crippen LogP contribution >= 0.6 is 23.4 Å². The van der Waals surface area contributed by atoms with Crippen LogP contribution in [0, 0.1) is 6.92 Å². The zero-order valence-corrected chi connectivity index (χ0v) is 18.6. The van der Waals surface area contributed by atoms with E-state index in [1.807, 2.05) is 66.9 Å². The second-order valence-corrected chi connectivity index (χ2v) is 8.18. The Morgan fingerprint density at radius 1 is 1.27 bits per heavy atom. The number of nitrogens with one attached hydrogen (secondary N) is 1. The van der Waals surface area contributed by atoms with Gasteiger partial charge in [-0.25, -0.2) is 0 Å². The Morgan fingerprint density at radius 3 is 2.83 bits per heavy atom. The van der Waals surface area contributed by atoms with Crippen molar-refractivity contribution in [2.75, 3.05) is 18.9 Å². The summed E-state index contributed by atoms with van der Waals surface area (Å²) in [6.45, 7) is 5.14. The third-order valence-electron chi connectivity index (χ3n) is 4.56. The highest BCUT2D eigenvalue weighted by Crippen LogP contribution is 2.23. The average Bonchev–Trinajstić information content (AvgIpc) is 3.23. The molecule has 1 atom stereocenters. The van der Waals surface area contributed by atoms with E-state index < -0.39 is 0 Å². The van der Waals surface area contributed by atoms with E-state index in [0.717, 1.165) is 23.2 Å². The summed E-state index contributed by atoms with van der Waals surface area (Å²) in [7, 11) is 0. The van der Waals surface area contributed by atoms with Gasteiger partial charge in [-0.3, -0.25) is 9.36 Å². The molecule has 0 radical (unpaired) electrons. The van der Waals surface area contributed by atoms with Gasteiger partial charge in [0.05, 0.1) is 17.5 Å². The maximum absolute atomic E-state index is 12.2. The van der Waals surface area contributed by atoms with Gasteiger partial charge in [0.15, 0.2) is 5.16 Å². The summed E-state index contributed by atoms with van der Waals surface area (Å²) in [6, 6.07) is 15.8. The highest BCUT2D eigenvalue weighted by atomic mass is 35.5. The minimum Gasteiger partial charge on any atom is -0.374 e. The maximum atomic E-state index is 12.2. The van der Waals surface area contributed by atoms with Gasteiger partial charge in [-0.05, 0) is 43.5 Å². The number of carbonyl (C=O) groups is 1. The fourth-order valence-electron chi connectivity index (χ4n) is 2.79. The molecule has 1 amide bonds. The lowest BCUT2D eigenvalue weighted by Crippen LogP contribution is -2.27. The lowest BCUT2D eigenvalue weighted by molar-refractivity contribution is -0.118. The number of nitrogens with zero attached hydrogens (tertiary/aromatic N) is 3. The third-order valence-corrected chi connectivity index (χ3v) is 5.91. The summed E-state index contributed by atoms with van der Waals surface area (Å²) in [5.41, 5.74) is 3.02. The minimum atomic E-state index is -0.0485. The first-order valence-corrected chi connectivity index (χ1v) is 11.1. The van der Waals surface area contributed by atoms with E-state index in [0.29, 0.717) is 23.3 Å². The number of halogens is 1. The molecule has 6 nitrogen and oxygen atoms in total. The highest BCUT2D eigenvalue weighted by Gasteiger charge is 2.11. The Balaban J connectivity index is 1.38. The van der Waals surface area contributed by atoms with Crippen LogP contribution in [0.15, 0.2) is 60.0 Å². The average molecular weight is 445 g/mol. The Bertz CT molecular complexity index is 965. The van der Waals surface area contributed by atoms with Gasteiger partial charge in [0.1, 0.15) is 6.33 Å². The molecule has 0 aliphatic heterocycles. The summed E-state index contributed by atoms with van der Waals surface area (Å²) in [4.78, 5) is 12.2. The molecule has 0 saturated carbocycles. The van der Waals surface area contributed by atoms with Crippen LogP contribution in [-0.4, -0.2) is 39.6 Å². The Kier molecular flexibility index (Phi) is 8.30. The van der Waals surface area contributed by atoms with Crippen molar-refractivity contribution in [2.24, 2.45) is 0 Å². The number of ether oxygens (including phenoxy) is 1. The first kappa shape index (κ1) is 22.3. The van der Waals surface area contributed by atoms with Crippen molar-refractivity contribution in [3.05, 3.63) is 71.0 Å². The van der Waals surface area contributed by atoms with Crippen molar-refractivity contribution in [3.63, 3.8) is 0 Å². The fraction of sp³-hybridized carbons (Fsp3) is 0.318. The van der Waals surface area contributed by atoms with Crippen LogP contribution in [0.1, 0.15) is 30.6 Å². The number of hydrogen-bond donors (Lipinski definition) is 1. The number of aryl methyl sites for hydroxylation is 1. The predicted molar refractivity (Wildman–Crippen MR) is 120 cm³/mol. The SMILES string of the molecule is Cc1ccc(-n2cnnc2SCC(=O)NCCCOC(C)c2ccccc2)cc1Cl. The lowest BCUT2D eigenvalue weighted by Gasteiger charge is -2.13. The number of hydrogen-bond acceptors (Lipinski definition) is 5. The van der Waals surface area contributed by atoms with Crippen molar-refractivity contribution in [1.82, 2.24) is 20.1 Å². The molecule has 0 spiro atoms. The molecule has 3 aromatic rings. The van der Waals surface area contributed by atoms with E-state index in [2.05, 4.69) is 15.5 Å². The molecule has 1 heterocycles. The van der Waals surface area contributed by atoms with Gasteiger partial charge in [0.2, 0.25) is 5.91 Å². The predicted octanol–water partition coefficient (Wildman–Crippen LogP) is 4.61. The Labute approximate surface area is 186 Å². The number of rotatable bonds is 10. The monoisotopic (exact) mass is 444 g/mol. The summed E-state index contributed by atoms with van der Waals surface area (Å²) < 4.78 is 7.64. The molecule has 0 saturated heterocycles. The minimum absolute atomic E-state index is 0.0408. The molecule has 1 N–H and O–H groups in total. The van der Waals surface area contributed by atoms with Crippen LogP contribution in [-0.2, 0) is 9.53 Å². The van der Waals surface area contributed by atoms with Crippen LogP contribution in [0.5, 0.6) is 0 Å². The molecule has 1 aromatic heterocycles. The highest BCUT2D eigenvalue weighted by molar-refractivity contribution is 7.99. The summed E-state index contributed by atoms with van der Waals surface area (Å²) in [5, 5.41) is 12.3. The molecule has 0 bridgehead atoms. The summed E-state index contributed by atoms with van der Waals surface area (Å²) in [6.07, 6.45) is 2.41. The second-order valence-electron chi connectivity index (χ2n) is 6.83. The molecule has 30 heavy (non-hydrogen) atoms. The van der Waals surface area contributed by atoms with Gasteiger partial charge < -0.3 is 10.1 Å². The fourth-order valence-corrected chi connectivity index (χ4v) is 3.73. The largest absolute Gasteiger partial charge is 0.374 e. The van der Waals surface area contributed by atoms with E-state index in [4.69, 9.17) is 16.3 Å². The van der Waals surface area contributed by atoms with Gasteiger partial charge in [-0.15, -0.1) is 10.2 Å². The number of benzene rings is 2. The van der Waals surface area contributed by atoms with Crippen LogP contribution < -0.4 is 5.32 Å².